The molecule has 1 aliphatic rings. The highest BCUT2D eigenvalue weighted by Crippen LogP contribution is 2.27. The van der Waals surface area contributed by atoms with Crippen molar-refractivity contribution in [3.05, 3.63) is 65.4 Å². The van der Waals surface area contributed by atoms with E-state index in [4.69, 9.17) is 0 Å². The number of amides is 3. The van der Waals surface area contributed by atoms with Crippen LogP contribution in [-0.4, -0.2) is 28.4 Å². The fraction of sp³-hybridized carbons (Fsp3) is 0.158. The number of para-hydroxylation sites is 1. The zero-order valence-electron chi connectivity index (χ0n) is 13.3. The molecule has 2 N–H and O–H groups in total. The molecular formula is C19H17N3O2. The molecule has 0 radical (unpaired) electrons. The van der Waals surface area contributed by atoms with E-state index in [9.17, 15) is 9.59 Å². The molecule has 0 fully saturated rings. The molecule has 0 saturated heterocycles. The summed E-state index contributed by atoms with van der Waals surface area (Å²) in [6, 6.07) is 15.0. The maximum absolute atomic E-state index is 12.7. The number of hydrogen-bond donors (Lipinski definition) is 2. The Morgan fingerprint density at radius 3 is 2.83 bits per heavy atom. The van der Waals surface area contributed by atoms with Gasteiger partial charge in [-0.05, 0) is 42.7 Å². The number of fused-ring (bicyclic) bond motifs is 3. The number of carbonyl (C=O) groups is 2. The molecule has 0 atom stereocenters. The lowest BCUT2D eigenvalue weighted by Crippen LogP contribution is -2.44. The van der Waals surface area contributed by atoms with Crippen LogP contribution in [0.2, 0.25) is 0 Å². The van der Waals surface area contributed by atoms with E-state index in [-0.39, 0.29) is 5.91 Å². The number of aromatic amines is 1. The molecule has 0 unspecified atom stereocenters. The van der Waals surface area contributed by atoms with Crippen molar-refractivity contribution >= 4 is 28.5 Å². The summed E-state index contributed by atoms with van der Waals surface area (Å²) in [6.07, 6.45) is 0.659. The number of anilines is 1. The minimum Gasteiger partial charge on any atom is -0.350 e. The molecule has 0 bridgehead atoms. The number of hydrogen-bond acceptors (Lipinski definition) is 2. The van der Waals surface area contributed by atoms with E-state index in [2.05, 4.69) is 10.3 Å². The number of urea groups is 1. The van der Waals surface area contributed by atoms with Crippen molar-refractivity contribution in [2.24, 2.45) is 0 Å². The van der Waals surface area contributed by atoms with Crippen molar-refractivity contribution < 1.29 is 9.59 Å². The van der Waals surface area contributed by atoms with Gasteiger partial charge in [-0.2, -0.15) is 0 Å². The first-order chi connectivity index (χ1) is 11.6. The van der Waals surface area contributed by atoms with Crippen LogP contribution in [-0.2, 0) is 6.42 Å². The third-order valence-corrected chi connectivity index (χ3v) is 4.37. The Kier molecular flexibility index (Phi) is 3.34. The first-order valence-corrected chi connectivity index (χ1v) is 7.92. The maximum Gasteiger partial charge on any atom is 0.328 e. The van der Waals surface area contributed by atoms with Crippen molar-refractivity contribution in [3.8, 4) is 0 Å². The number of rotatable bonds is 1. The minimum atomic E-state index is -0.394. The molecule has 24 heavy (non-hydrogen) atoms. The zero-order chi connectivity index (χ0) is 16.7. The molecule has 1 aliphatic heterocycles. The van der Waals surface area contributed by atoms with Crippen molar-refractivity contribution in [1.29, 1.82) is 0 Å². The normalized spacial score (nSPS) is 13.9. The molecule has 3 amide bonds. The van der Waals surface area contributed by atoms with Crippen LogP contribution in [0.3, 0.4) is 0 Å². The summed E-state index contributed by atoms with van der Waals surface area (Å²) in [5.41, 5.74) is 4.18. The second-order valence-electron chi connectivity index (χ2n) is 6.03. The van der Waals surface area contributed by atoms with Crippen LogP contribution in [0.4, 0.5) is 10.5 Å². The van der Waals surface area contributed by atoms with Crippen molar-refractivity contribution in [3.63, 3.8) is 0 Å². The number of aryl methyl sites for hydroxylation is 1. The van der Waals surface area contributed by atoms with Crippen molar-refractivity contribution in [1.82, 2.24) is 9.88 Å². The van der Waals surface area contributed by atoms with E-state index in [0.29, 0.717) is 24.3 Å². The molecule has 4 rings (SSSR count). The average molecular weight is 319 g/mol. The highest BCUT2D eigenvalue weighted by molar-refractivity contribution is 6.11. The molecule has 0 aliphatic carbocycles. The van der Waals surface area contributed by atoms with Gasteiger partial charge >= 0.3 is 6.03 Å². The lowest BCUT2D eigenvalue weighted by Gasteiger charge is -2.25. The molecule has 0 spiro atoms. The van der Waals surface area contributed by atoms with Gasteiger partial charge in [0.1, 0.15) is 5.69 Å². The number of nitrogens with zero attached hydrogens (tertiary/aromatic N) is 1. The molecular weight excluding hydrogens is 302 g/mol. The van der Waals surface area contributed by atoms with Gasteiger partial charge in [0.2, 0.25) is 0 Å². The van der Waals surface area contributed by atoms with Gasteiger partial charge in [0.05, 0.1) is 0 Å². The number of benzene rings is 2. The highest BCUT2D eigenvalue weighted by atomic mass is 16.2. The lowest BCUT2D eigenvalue weighted by molar-refractivity contribution is 0.0793. The summed E-state index contributed by atoms with van der Waals surface area (Å²) in [6.45, 7) is 2.34. The van der Waals surface area contributed by atoms with Gasteiger partial charge in [0.15, 0.2) is 0 Å². The molecule has 1 aromatic heterocycles. The standard InChI is InChI=1S/C19H17N3O2/c1-12-5-4-6-13(11-12)20-19(24)22-10-9-15-14-7-2-3-8-16(14)21-17(15)18(22)23/h2-8,11,21H,9-10H2,1H3,(H,20,24). The van der Waals surface area contributed by atoms with Crippen LogP contribution < -0.4 is 5.32 Å². The third kappa shape index (κ3) is 2.34. The topological polar surface area (TPSA) is 65.2 Å². The van der Waals surface area contributed by atoms with Crippen LogP contribution in [0.5, 0.6) is 0 Å². The predicted octanol–water partition coefficient (Wildman–Crippen LogP) is 3.71. The molecule has 3 aromatic rings. The number of carbonyl (C=O) groups excluding carboxylic acids is 2. The van der Waals surface area contributed by atoms with Gasteiger partial charge in [-0.1, -0.05) is 30.3 Å². The summed E-state index contributed by atoms with van der Waals surface area (Å²) < 4.78 is 0. The van der Waals surface area contributed by atoms with E-state index < -0.39 is 6.03 Å². The van der Waals surface area contributed by atoms with Crippen LogP contribution >= 0.6 is 0 Å². The van der Waals surface area contributed by atoms with E-state index in [0.717, 1.165) is 22.0 Å². The van der Waals surface area contributed by atoms with E-state index in [1.807, 2.05) is 55.5 Å². The van der Waals surface area contributed by atoms with Crippen molar-refractivity contribution in [2.75, 3.05) is 11.9 Å². The summed E-state index contributed by atoms with van der Waals surface area (Å²) in [4.78, 5) is 29.6. The Bertz CT molecular complexity index is 958. The molecule has 5 nitrogen and oxygen atoms in total. The van der Waals surface area contributed by atoms with Gasteiger partial charge in [-0.15, -0.1) is 0 Å². The summed E-state index contributed by atoms with van der Waals surface area (Å²) in [5.74, 6) is -0.280. The van der Waals surface area contributed by atoms with E-state index >= 15 is 0 Å². The number of H-pyrrole nitrogens is 1. The second-order valence-corrected chi connectivity index (χ2v) is 6.03. The Hall–Kier alpha value is -3.08. The van der Waals surface area contributed by atoms with Gasteiger partial charge in [-0.3, -0.25) is 9.69 Å². The minimum absolute atomic E-state index is 0.280. The van der Waals surface area contributed by atoms with E-state index in [1.54, 1.807) is 0 Å². The Morgan fingerprint density at radius 1 is 1.17 bits per heavy atom. The van der Waals surface area contributed by atoms with Crippen LogP contribution in [0.25, 0.3) is 10.9 Å². The highest BCUT2D eigenvalue weighted by Gasteiger charge is 2.31. The fourth-order valence-corrected chi connectivity index (χ4v) is 3.21. The third-order valence-electron chi connectivity index (χ3n) is 4.37. The molecule has 5 heteroatoms. The fourth-order valence-electron chi connectivity index (χ4n) is 3.21. The monoisotopic (exact) mass is 319 g/mol. The van der Waals surface area contributed by atoms with Crippen molar-refractivity contribution in [2.45, 2.75) is 13.3 Å². The average Bonchev–Trinajstić information content (AvgIpc) is 2.95. The van der Waals surface area contributed by atoms with E-state index in [1.165, 1.54) is 4.90 Å². The molecule has 120 valence electrons. The van der Waals surface area contributed by atoms with Crippen LogP contribution in [0, 0.1) is 6.92 Å². The number of imide groups is 1. The van der Waals surface area contributed by atoms with Gasteiger partial charge in [0, 0.05) is 23.1 Å². The number of aromatic nitrogens is 1. The van der Waals surface area contributed by atoms with Gasteiger partial charge in [-0.25, -0.2) is 4.79 Å². The lowest BCUT2D eigenvalue weighted by atomic mass is 10.0. The smallest absolute Gasteiger partial charge is 0.328 e. The first-order valence-electron chi connectivity index (χ1n) is 7.92. The molecule has 0 saturated carbocycles. The molecule has 2 heterocycles. The second kappa shape index (κ2) is 5.53. The first kappa shape index (κ1) is 14.5. The quantitative estimate of drug-likeness (QED) is 0.718. The SMILES string of the molecule is Cc1cccc(NC(=O)N2CCc3c([nH]c4ccccc34)C2=O)c1. The van der Waals surface area contributed by atoms with Gasteiger partial charge in [0.25, 0.3) is 5.91 Å². The van der Waals surface area contributed by atoms with Crippen LogP contribution in [0.15, 0.2) is 48.5 Å². The molecule has 2 aromatic carbocycles. The van der Waals surface area contributed by atoms with Gasteiger partial charge < -0.3 is 10.3 Å². The maximum atomic E-state index is 12.7. The number of nitrogens with one attached hydrogen (secondary N) is 2. The largest absolute Gasteiger partial charge is 0.350 e. The van der Waals surface area contributed by atoms with Crippen LogP contribution in [0.1, 0.15) is 21.6 Å². The Labute approximate surface area is 139 Å². The summed E-state index contributed by atoms with van der Waals surface area (Å²) in [7, 11) is 0. The summed E-state index contributed by atoms with van der Waals surface area (Å²) >= 11 is 0. The Balaban J connectivity index is 1.62. The zero-order valence-corrected chi connectivity index (χ0v) is 13.3. The Morgan fingerprint density at radius 2 is 2.00 bits per heavy atom. The summed E-state index contributed by atoms with van der Waals surface area (Å²) in [5, 5.41) is 3.85. The predicted molar refractivity (Wildman–Crippen MR) is 93.2 cm³/mol.